The molecule has 11 heteroatoms. The Morgan fingerprint density at radius 2 is 1.84 bits per heavy atom. The molecule has 4 N–H and O–H groups in total. The summed E-state index contributed by atoms with van der Waals surface area (Å²) >= 11 is 0. The fraction of sp³-hybridized carbons (Fsp3) is 0.385. The van der Waals surface area contributed by atoms with Crippen molar-refractivity contribution in [2.75, 3.05) is 19.7 Å². The SMILES string of the molecule is CC(C)OCCNC(=O)c1c(O)c2ncc(Cc3ccc(F)cc3)cc2n(CCCCNC(=O)O)c1=O. The fourth-order valence-corrected chi connectivity index (χ4v) is 3.85. The highest BCUT2D eigenvalue weighted by atomic mass is 19.1. The molecule has 0 fully saturated rings. The predicted molar refractivity (Wildman–Crippen MR) is 136 cm³/mol. The normalized spacial score (nSPS) is 11.1. The van der Waals surface area contributed by atoms with Crippen molar-refractivity contribution in [1.82, 2.24) is 20.2 Å². The van der Waals surface area contributed by atoms with Crippen LogP contribution in [0.3, 0.4) is 0 Å². The van der Waals surface area contributed by atoms with Gasteiger partial charge in [-0.15, -0.1) is 0 Å². The summed E-state index contributed by atoms with van der Waals surface area (Å²) in [5, 5.41) is 24.5. The van der Waals surface area contributed by atoms with Crippen LogP contribution in [0.15, 0.2) is 41.3 Å². The number of amides is 2. The number of benzene rings is 1. The number of aromatic hydroxyl groups is 1. The zero-order valence-electron chi connectivity index (χ0n) is 20.8. The maximum absolute atomic E-state index is 13.4. The third-order valence-electron chi connectivity index (χ3n) is 5.61. The van der Waals surface area contributed by atoms with Crippen LogP contribution in [0.4, 0.5) is 9.18 Å². The molecule has 0 spiro atoms. The Balaban J connectivity index is 1.95. The molecule has 10 nitrogen and oxygen atoms in total. The molecule has 0 unspecified atom stereocenters. The first-order valence-electron chi connectivity index (χ1n) is 12.0. The second-order valence-corrected chi connectivity index (χ2v) is 8.81. The molecule has 0 radical (unpaired) electrons. The molecule has 2 heterocycles. The minimum absolute atomic E-state index is 0.0212. The molecule has 0 saturated heterocycles. The van der Waals surface area contributed by atoms with Gasteiger partial charge in [0.15, 0.2) is 5.75 Å². The zero-order valence-corrected chi connectivity index (χ0v) is 20.8. The van der Waals surface area contributed by atoms with E-state index in [2.05, 4.69) is 15.6 Å². The van der Waals surface area contributed by atoms with Gasteiger partial charge >= 0.3 is 6.09 Å². The highest BCUT2D eigenvalue weighted by Gasteiger charge is 2.23. The van der Waals surface area contributed by atoms with Crippen molar-refractivity contribution in [1.29, 1.82) is 0 Å². The molecule has 0 saturated carbocycles. The summed E-state index contributed by atoms with van der Waals surface area (Å²) in [4.78, 5) is 41.3. The first-order chi connectivity index (χ1) is 17.7. The van der Waals surface area contributed by atoms with E-state index in [-0.39, 0.29) is 43.7 Å². The van der Waals surface area contributed by atoms with Crippen molar-refractivity contribution in [2.24, 2.45) is 0 Å². The van der Waals surface area contributed by atoms with Crippen molar-refractivity contribution in [3.63, 3.8) is 0 Å². The van der Waals surface area contributed by atoms with Crippen molar-refractivity contribution < 1.29 is 28.9 Å². The number of carbonyl (C=O) groups excluding carboxylic acids is 1. The molecule has 198 valence electrons. The van der Waals surface area contributed by atoms with Crippen LogP contribution in [-0.2, 0) is 17.7 Å². The van der Waals surface area contributed by atoms with E-state index in [1.807, 2.05) is 13.8 Å². The van der Waals surface area contributed by atoms with Crippen LogP contribution >= 0.6 is 0 Å². The van der Waals surface area contributed by atoms with E-state index < -0.39 is 28.9 Å². The van der Waals surface area contributed by atoms with E-state index in [0.717, 1.165) is 11.1 Å². The van der Waals surface area contributed by atoms with Gasteiger partial charge in [-0.2, -0.15) is 0 Å². The van der Waals surface area contributed by atoms with Gasteiger partial charge in [0, 0.05) is 25.8 Å². The molecule has 3 aromatic rings. The Bertz CT molecular complexity index is 1310. The summed E-state index contributed by atoms with van der Waals surface area (Å²) in [7, 11) is 0. The number of nitrogens with zero attached hydrogens (tertiary/aromatic N) is 2. The summed E-state index contributed by atoms with van der Waals surface area (Å²) in [6.45, 7) is 4.49. The predicted octanol–water partition coefficient (Wildman–Crippen LogP) is 3.03. The standard InChI is InChI=1S/C26H31FN4O6/c1-16(2)37-12-10-28-24(33)21-23(32)22-20(31(25(21)34)11-4-3-9-29-26(35)36)14-18(15-30-22)13-17-5-7-19(27)8-6-17/h5-8,14-16,29,32H,3-4,9-13H2,1-2H3,(H,28,33)(H,35,36). The lowest BCUT2D eigenvalue weighted by Crippen LogP contribution is -2.35. The summed E-state index contributed by atoms with van der Waals surface area (Å²) in [5.41, 5.74) is 0.892. The maximum atomic E-state index is 13.4. The summed E-state index contributed by atoms with van der Waals surface area (Å²) in [5.74, 6) is -1.60. The molecule has 0 atom stereocenters. The van der Waals surface area contributed by atoms with Crippen LogP contribution in [0.1, 0.15) is 48.2 Å². The first-order valence-corrected chi connectivity index (χ1v) is 12.0. The van der Waals surface area contributed by atoms with Crippen molar-refractivity contribution in [2.45, 2.75) is 45.8 Å². The Morgan fingerprint density at radius 3 is 2.51 bits per heavy atom. The van der Waals surface area contributed by atoms with E-state index in [4.69, 9.17) is 9.84 Å². The van der Waals surface area contributed by atoms with E-state index in [1.54, 1.807) is 18.2 Å². The van der Waals surface area contributed by atoms with Crippen LogP contribution in [0.2, 0.25) is 0 Å². The molecule has 2 aromatic heterocycles. The quantitative estimate of drug-likeness (QED) is 0.272. The van der Waals surface area contributed by atoms with Gasteiger partial charge in [-0.25, -0.2) is 9.18 Å². The second-order valence-electron chi connectivity index (χ2n) is 8.81. The van der Waals surface area contributed by atoms with Gasteiger partial charge in [-0.1, -0.05) is 12.1 Å². The van der Waals surface area contributed by atoms with Gasteiger partial charge in [0.1, 0.15) is 16.9 Å². The van der Waals surface area contributed by atoms with E-state index >= 15 is 0 Å². The van der Waals surface area contributed by atoms with E-state index in [0.29, 0.717) is 24.8 Å². The summed E-state index contributed by atoms with van der Waals surface area (Å²) < 4.78 is 20.0. The number of halogens is 1. The topological polar surface area (TPSA) is 143 Å². The Kier molecular flexibility index (Phi) is 9.56. The van der Waals surface area contributed by atoms with Crippen LogP contribution < -0.4 is 16.2 Å². The Hall–Kier alpha value is -3.99. The van der Waals surface area contributed by atoms with Gasteiger partial charge in [0.25, 0.3) is 11.5 Å². The number of hydrogen-bond acceptors (Lipinski definition) is 6. The van der Waals surface area contributed by atoms with Crippen LogP contribution in [0.5, 0.6) is 5.75 Å². The Labute approximate surface area is 213 Å². The number of aromatic nitrogens is 2. The highest BCUT2D eigenvalue weighted by Crippen LogP contribution is 2.26. The largest absolute Gasteiger partial charge is 0.505 e. The zero-order chi connectivity index (χ0) is 26.9. The number of nitrogens with one attached hydrogen (secondary N) is 2. The molecule has 0 aliphatic heterocycles. The number of fused-ring (bicyclic) bond motifs is 1. The molecule has 2 amide bonds. The lowest BCUT2D eigenvalue weighted by atomic mass is 10.0. The Morgan fingerprint density at radius 1 is 1.11 bits per heavy atom. The smallest absolute Gasteiger partial charge is 0.404 e. The molecule has 1 aromatic carbocycles. The van der Waals surface area contributed by atoms with E-state index in [9.17, 15) is 23.9 Å². The lowest BCUT2D eigenvalue weighted by molar-refractivity contribution is 0.0745. The van der Waals surface area contributed by atoms with Crippen LogP contribution in [-0.4, -0.2) is 57.6 Å². The van der Waals surface area contributed by atoms with Gasteiger partial charge in [0.2, 0.25) is 0 Å². The van der Waals surface area contributed by atoms with Crippen LogP contribution in [0, 0.1) is 5.82 Å². The summed E-state index contributed by atoms with van der Waals surface area (Å²) in [6, 6.07) is 7.72. The molecule has 0 bridgehead atoms. The van der Waals surface area contributed by atoms with Gasteiger partial charge < -0.3 is 30.2 Å². The minimum atomic E-state index is -1.14. The third kappa shape index (κ3) is 7.50. The lowest BCUT2D eigenvalue weighted by Gasteiger charge is -2.16. The highest BCUT2D eigenvalue weighted by molar-refractivity contribution is 6.01. The number of ether oxygens (including phenoxy) is 1. The van der Waals surface area contributed by atoms with Gasteiger partial charge in [-0.05, 0) is 62.4 Å². The monoisotopic (exact) mass is 514 g/mol. The van der Waals surface area contributed by atoms with Crippen molar-refractivity contribution in [3.8, 4) is 5.75 Å². The number of pyridine rings is 2. The number of carbonyl (C=O) groups is 2. The van der Waals surface area contributed by atoms with Crippen molar-refractivity contribution >= 4 is 23.0 Å². The second kappa shape index (κ2) is 12.8. The van der Waals surface area contributed by atoms with Gasteiger partial charge in [-0.3, -0.25) is 14.6 Å². The number of hydrogen-bond donors (Lipinski definition) is 4. The third-order valence-corrected chi connectivity index (χ3v) is 5.61. The average molecular weight is 515 g/mol. The molecule has 0 aliphatic rings. The fourth-order valence-electron chi connectivity index (χ4n) is 3.85. The average Bonchev–Trinajstić information content (AvgIpc) is 2.84. The number of aryl methyl sites for hydroxylation is 1. The van der Waals surface area contributed by atoms with E-state index in [1.165, 1.54) is 22.9 Å². The molecular weight excluding hydrogens is 483 g/mol. The molecule has 37 heavy (non-hydrogen) atoms. The molecular formula is C26H31FN4O6. The molecule has 0 aliphatic carbocycles. The maximum Gasteiger partial charge on any atom is 0.404 e. The van der Waals surface area contributed by atoms with Gasteiger partial charge in [0.05, 0.1) is 18.2 Å². The number of rotatable bonds is 12. The summed E-state index contributed by atoms with van der Waals surface area (Å²) in [6.07, 6.45) is 1.69. The first kappa shape index (κ1) is 27.6. The van der Waals surface area contributed by atoms with Crippen molar-refractivity contribution in [3.05, 3.63) is 69.4 Å². The number of unbranched alkanes of at least 4 members (excludes halogenated alkanes) is 1. The minimum Gasteiger partial charge on any atom is -0.505 e. The number of carboxylic acid groups (broad SMARTS) is 1. The van der Waals surface area contributed by atoms with Crippen LogP contribution in [0.25, 0.3) is 11.0 Å². The molecule has 3 rings (SSSR count).